The molecule has 4 nitrogen and oxygen atoms in total. The molecule has 0 fully saturated rings. The third-order valence-electron chi connectivity index (χ3n) is 12.2. The molecule has 0 aliphatic heterocycles. The summed E-state index contributed by atoms with van der Waals surface area (Å²) in [7, 11) is 0. The first-order chi connectivity index (χ1) is 29.6. The summed E-state index contributed by atoms with van der Waals surface area (Å²) in [5.41, 5.74) is 16.2. The Morgan fingerprint density at radius 3 is 1.31 bits per heavy atom. The maximum atomic E-state index is 6.95. The summed E-state index contributed by atoms with van der Waals surface area (Å²) in [6.07, 6.45) is 0. The fraction of sp³-hybridized carbons (Fsp3) is 0.123. The lowest BCUT2D eigenvalue weighted by Gasteiger charge is -2.26. The van der Waals surface area contributed by atoms with Crippen molar-refractivity contribution < 1.29 is 8.83 Å². The summed E-state index contributed by atoms with van der Waals surface area (Å²) < 4.78 is 13.8. The molecule has 0 aliphatic rings. The molecule has 11 aromatic rings. The summed E-state index contributed by atoms with van der Waals surface area (Å²) in [6, 6.07) is 59.5. The molecule has 0 spiro atoms. The van der Waals surface area contributed by atoms with Gasteiger partial charge in [0.25, 0.3) is 0 Å². The van der Waals surface area contributed by atoms with Crippen molar-refractivity contribution in [2.45, 2.75) is 47.5 Å². The van der Waals surface area contributed by atoms with Crippen molar-refractivity contribution in [2.75, 3.05) is 9.80 Å². The Morgan fingerprint density at radius 1 is 0.361 bits per heavy atom. The Kier molecular flexibility index (Phi) is 8.54. The van der Waals surface area contributed by atoms with Gasteiger partial charge in [0.1, 0.15) is 11.2 Å². The first kappa shape index (κ1) is 36.8. The summed E-state index contributed by atoms with van der Waals surface area (Å²) in [5.74, 6) is 0.269. The Morgan fingerprint density at radius 2 is 0.820 bits per heavy atom. The molecule has 2 heterocycles. The predicted octanol–water partition coefficient (Wildman–Crippen LogP) is 17.1. The second kappa shape index (κ2) is 14.2. The average molecular weight is 791 g/mol. The molecule has 0 N–H and O–H groups in total. The molecule has 11 rings (SSSR count). The highest BCUT2D eigenvalue weighted by atomic mass is 16.4. The summed E-state index contributed by atoms with van der Waals surface area (Å²) >= 11 is 0. The molecule has 0 bridgehead atoms. The number of fused-ring (bicyclic) bond motifs is 9. The van der Waals surface area contributed by atoms with Crippen LogP contribution in [0.2, 0.25) is 0 Å². The van der Waals surface area contributed by atoms with Gasteiger partial charge in [0.05, 0.1) is 0 Å². The van der Waals surface area contributed by atoms with Crippen LogP contribution in [0.25, 0.3) is 65.4 Å². The molecule has 0 atom stereocenters. The fourth-order valence-electron chi connectivity index (χ4n) is 9.60. The van der Waals surface area contributed by atoms with Crippen LogP contribution < -0.4 is 9.80 Å². The van der Waals surface area contributed by atoms with Crippen LogP contribution in [-0.2, 0) is 0 Å². The van der Waals surface area contributed by atoms with Gasteiger partial charge in [0.2, 0.25) is 0 Å². The number of hydrogen-bond donors (Lipinski definition) is 0. The van der Waals surface area contributed by atoms with E-state index >= 15 is 0 Å². The summed E-state index contributed by atoms with van der Waals surface area (Å²) in [5, 5.41) is 8.97. The molecule has 0 saturated heterocycles. The normalized spacial score (nSPS) is 11.9. The first-order valence-corrected chi connectivity index (χ1v) is 21.2. The zero-order chi connectivity index (χ0) is 41.5. The van der Waals surface area contributed by atoms with Crippen molar-refractivity contribution >= 4 is 99.5 Å². The summed E-state index contributed by atoms with van der Waals surface area (Å²) in [6.45, 7) is 13.2. The molecule has 0 amide bonds. The van der Waals surface area contributed by atoms with Gasteiger partial charge in [0, 0.05) is 55.7 Å². The van der Waals surface area contributed by atoms with E-state index in [4.69, 9.17) is 8.83 Å². The lowest BCUT2D eigenvalue weighted by molar-refractivity contribution is 0.633. The van der Waals surface area contributed by atoms with E-state index in [9.17, 15) is 0 Å². The van der Waals surface area contributed by atoms with Gasteiger partial charge in [-0.3, -0.25) is 0 Å². The molecule has 0 unspecified atom stereocenters. The lowest BCUT2D eigenvalue weighted by Crippen LogP contribution is -2.10. The predicted molar refractivity (Wildman–Crippen MR) is 258 cm³/mol. The molecular formula is C57H46N2O2. The van der Waals surface area contributed by atoms with Gasteiger partial charge in [-0.15, -0.1) is 0 Å². The number of anilines is 6. The van der Waals surface area contributed by atoms with Gasteiger partial charge in [-0.1, -0.05) is 74.5 Å². The van der Waals surface area contributed by atoms with Crippen LogP contribution in [0.4, 0.5) is 34.1 Å². The Balaban J connectivity index is 1.07. The monoisotopic (exact) mass is 790 g/mol. The number of hydrogen-bond acceptors (Lipinski definition) is 4. The zero-order valence-corrected chi connectivity index (χ0v) is 35.4. The van der Waals surface area contributed by atoms with Crippen molar-refractivity contribution in [3.8, 4) is 0 Å². The Hall–Kier alpha value is -7.30. The molecule has 0 aliphatic carbocycles. The van der Waals surface area contributed by atoms with Crippen LogP contribution >= 0.6 is 0 Å². The van der Waals surface area contributed by atoms with Gasteiger partial charge >= 0.3 is 0 Å². The summed E-state index contributed by atoms with van der Waals surface area (Å²) in [4.78, 5) is 4.68. The van der Waals surface area contributed by atoms with Crippen molar-refractivity contribution in [1.29, 1.82) is 0 Å². The highest BCUT2D eigenvalue weighted by molar-refractivity contribution is 6.22. The lowest BCUT2D eigenvalue weighted by atomic mass is 9.94. The third kappa shape index (κ3) is 6.29. The molecule has 9 aromatic carbocycles. The van der Waals surface area contributed by atoms with Gasteiger partial charge < -0.3 is 18.6 Å². The maximum absolute atomic E-state index is 6.95. The number of benzene rings is 9. The van der Waals surface area contributed by atoms with Crippen molar-refractivity contribution in [2.24, 2.45) is 0 Å². The van der Waals surface area contributed by atoms with Gasteiger partial charge in [0.15, 0.2) is 11.2 Å². The number of aryl methyl sites for hydroxylation is 4. The maximum Gasteiger partial charge on any atom is 0.178 e. The second-order valence-corrected chi connectivity index (χ2v) is 17.2. The molecule has 61 heavy (non-hydrogen) atoms. The SMILES string of the molecule is Cc1cc(C)cc(N(c2ccccc2)c2ccc3cc4c(cc3c2)oc2c4cc(C(C)C)c3c4cc5ccc(N(c6ccccc6)c6cc(C)cc(C)c6)cc5cc4oc23)c1. The van der Waals surface area contributed by atoms with E-state index in [0.717, 1.165) is 94.2 Å². The number of para-hydroxylation sites is 2. The van der Waals surface area contributed by atoms with Crippen LogP contribution in [0.3, 0.4) is 0 Å². The largest absolute Gasteiger partial charge is 0.452 e. The minimum Gasteiger partial charge on any atom is -0.452 e. The standard InChI is InChI=1S/C57H46N2O2/c1-34(2)49-33-51-50-29-39-17-19-45(58(43-13-9-7-10-14-43)47-23-35(3)21-36(4)24-47)27-41(39)31-53(50)60-56(51)57-55(49)52-30-40-18-20-46(28-42(40)32-54(52)61-57)59(44-15-11-8-12-16-44)48-25-37(5)22-38(6)26-48/h7-34H,1-6H3. The van der Waals surface area contributed by atoms with E-state index < -0.39 is 0 Å². The van der Waals surface area contributed by atoms with E-state index in [1.54, 1.807) is 0 Å². The highest BCUT2D eigenvalue weighted by Crippen LogP contribution is 2.46. The fourth-order valence-corrected chi connectivity index (χ4v) is 9.60. The van der Waals surface area contributed by atoms with Gasteiger partial charge in [-0.25, -0.2) is 0 Å². The van der Waals surface area contributed by atoms with E-state index in [-0.39, 0.29) is 5.92 Å². The van der Waals surface area contributed by atoms with Gasteiger partial charge in [-0.05, 0) is 186 Å². The number of nitrogens with zero attached hydrogens (tertiary/aromatic N) is 2. The van der Waals surface area contributed by atoms with Crippen molar-refractivity contribution in [3.63, 3.8) is 0 Å². The molecule has 4 heteroatoms. The molecular weight excluding hydrogens is 745 g/mol. The zero-order valence-electron chi connectivity index (χ0n) is 35.4. The minimum absolute atomic E-state index is 0.269. The number of rotatable bonds is 7. The quantitative estimate of drug-likeness (QED) is 0.161. The third-order valence-corrected chi connectivity index (χ3v) is 12.2. The number of furan rings is 2. The first-order valence-electron chi connectivity index (χ1n) is 21.2. The molecule has 296 valence electrons. The minimum atomic E-state index is 0.269. The van der Waals surface area contributed by atoms with Crippen LogP contribution in [-0.4, -0.2) is 0 Å². The smallest absolute Gasteiger partial charge is 0.178 e. The molecule has 2 aromatic heterocycles. The topological polar surface area (TPSA) is 32.8 Å². The molecule has 0 radical (unpaired) electrons. The van der Waals surface area contributed by atoms with Crippen LogP contribution in [0, 0.1) is 27.7 Å². The van der Waals surface area contributed by atoms with E-state index in [1.165, 1.54) is 33.2 Å². The van der Waals surface area contributed by atoms with E-state index in [1.807, 2.05) is 0 Å². The van der Waals surface area contributed by atoms with Crippen molar-refractivity contribution in [1.82, 2.24) is 0 Å². The Bertz CT molecular complexity index is 3460. The second-order valence-electron chi connectivity index (χ2n) is 17.2. The van der Waals surface area contributed by atoms with E-state index in [2.05, 4.69) is 215 Å². The van der Waals surface area contributed by atoms with Gasteiger partial charge in [-0.2, -0.15) is 0 Å². The highest BCUT2D eigenvalue weighted by Gasteiger charge is 2.23. The van der Waals surface area contributed by atoms with Crippen LogP contribution in [0.5, 0.6) is 0 Å². The van der Waals surface area contributed by atoms with Crippen LogP contribution in [0.1, 0.15) is 47.6 Å². The Labute approximate surface area is 355 Å². The van der Waals surface area contributed by atoms with Crippen molar-refractivity contribution in [3.05, 3.63) is 192 Å². The molecule has 0 saturated carbocycles. The van der Waals surface area contributed by atoms with E-state index in [0.29, 0.717) is 0 Å². The van der Waals surface area contributed by atoms with Crippen LogP contribution in [0.15, 0.2) is 173 Å². The average Bonchev–Trinajstić information content (AvgIpc) is 3.79.